The van der Waals surface area contributed by atoms with Crippen molar-refractivity contribution in [2.75, 3.05) is 0 Å². The average Bonchev–Trinajstić information content (AvgIpc) is 2.46. The maximum atomic E-state index is 12.0. The third kappa shape index (κ3) is 3.86. The summed E-state index contributed by atoms with van der Waals surface area (Å²) in [7, 11) is 0. The Labute approximate surface area is 143 Å². The Morgan fingerprint density at radius 2 is 1.95 bits per heavy atom. The number of carbonyl (C=O) groups excluding carboxylic acids is 1. The predicted octanol–water partition coefficient (Wildman–Crippen LogP) is 3.70. The number of nitrogens with one attached hydrogen (secondary N) is 1. The van der Waals surface area contributed by atoms with E-state index in [1.54, 1.807) is 24.3 Å². The maximum absolute atomic E-state index is 12.0. The van der Waals surface area contributed by atoms with Crippen LogP contribution in [0, 0.1) is 6.92 Å². The highest BCUT2D eigenvalue weighted by Crippen LogP contribution is 2.31. The number of hydrazone groups is 1. The summed E-state index contributed by atoms with van der Waals surface area (Å²) in [4.78, 5) is 12.0. The van der Waals surface area contributed by atoms with Gasteiger partial charge in [0.15, 0.2) is 0 Å². The fraction of sp³-hybridized carbons (Fsp3) is 0.0667. The second-order valence-electron chi connectivity index (χ2n) is 4.55. The summed E-state index contributed by atoms with van der Waals surface area (Å²) in [5.41, 5.74) is 3.83. The van der Waals surface area contributed by atoms with E-state index in [2.05, 4.69) is 42.4 Å². The molecule has 0 aliphatic rings. The van der Waals surface area contributed by atoms with E-state index in [9.17, 15) is 15.0 Å². The van der Waals surface area contributed by atoms with E-state index in [4.69, 9.17) is 0 Å². The molecule has 0 unspecified atom stereocenters. The lowest BCUT2D eigenvalue weighted by molar-refractivity contribution is 0.0952. The summed E-state index contributed by atoms with van der Waals surface area (Å²) in [6.07, 6.45) is 1.34. The summed E-state index contributed by atoms with van der Waals surface area (Å²) < 4.78 is 1.04. The number of rotatable bonds is 3. The van der Waals surface area contributed by atoms with Crippen LogP contribution in [0.4, 0.5) is 0 Å². The largest absolute Gasteiger partial charge is 0.507 e. The van der Waals surface area contributed by atoms with Gasteiger partial charge < -0.3 is 10.2 Å². The van der Waals surface area contributed by atoms with Gasteiger partial charge in [0.1, 0.15) is 11.5 Å². The zero-order valence-electron chi connectivity index (χ0n) is 11.5. The van der Waals surface area contributed by atoms with Crippen molar-refractivity contribution in [3.63, 3.8) is 0 Å². The van der Waals surface area contributed by atoms with Crippen LogP contribution in [0.2, 0.25) is 0 Å². The second kappa shape index (κ2) is 6.93. The summed E-state index contributed by atoms with van der Waals surface area (Å²) in [5, 5.41) is 23.3. The molecule has 114 valence electrons. The Morgan fingerprint density at radius 1 is 1.23 bits per heavy atom. The third-order valence-corrected chi connectivity index (χ3v) is 3.89. The minimum atomic E-state index is -0.567. The minimum Gasteiger partial charge on any atom is -0.507 e. The number of carbonyl (C=O) groups is 1. The van der Waals surface area contributed by atoms with Crippen LogP contribution >= 0.6 is 31.9 Å². The number of aromatic hydroxyl groups is 2. The lowest BCUT2D eigenvalue weighted by Crippen LogP contribution is -2.18. The maximum Gasteiger partial charge on any atom is 0.275 e. The Bertz CT molecular complexity index is 761. The molecule has 0 radical (unpaired) electrons. The standard InChI is InChI=1S/C15H12Br2N2O3/c1-8-2-3-13(20)9(4-8)7-18-19-15(22)11-5-10(16)6-12(17)14(11)21/h2-7,20-21H,1H3,(H,19,22)/b18-7-. The molecule has 0 saturated heterocycles. The molecule has 2 aromatic rings. The van der Waals surface area contributed by atoms with Crippen molar-refractivity contribution >= 4 is 44.0 Å². The van der Waals surface area contributed by atoms with Gasteiger partial charge in [0.05, 0.1) is 16.3 Å². The number of hydrogen-bond acceptors (Lipinski definition) is 4. The molecule has 1 amide bonds. The number of hydrogen-bond donors (Lipinski definition) is 3. The van der Waals surface area contributed by atoms with Crippen molar-refractivity contribution in [2.24, 2.45) is 5.10 Å². The first kappa shape index (κ1) is 16.5. The van der Waals surface area contributed by atoms with Gasteiger partial charge in [0.2, 0.25) is 0 Å². The van der Waals surface area contributed by atoms with Crippen LogP contribution in [-0.4, -0.2) is 22.3 Å². The first-order valence-corrected chi connectivity index (χ1v) is 7.78. The smallest absolute Gasteiger partial charge is 0.275 e. The second-order valence-corrected chi connectivity index (χ2v) is 6.32. The SMILES string of the molecule is Cc1ccc(O)c(/C=N\NC(=O)c2cc(Br)cc(Br)c2O)c1. The third-order valence-electron chi connectivity index (χ3n) is 2.83. The highest BCUT2D eigenvalue weighted by Gasteiger charge is 2.14. The molecule has 5 nitrogen and oxygen atoms in total. The average molecular weight is 428 g/mol. The molecule has 0 bridgehead atoms. The minimum absolute atomic E-state index is 0.0663. The topological polar surface area (TPSA) is 81.9 Å². The van der Waals surface area contributed by atoms with Crippen LogP contribution in [0.25, 0.3) is 0 Å². The molecule has 0 atom stereocenters. The lowest BCUT2D eigenvalue weighted by Gasteiger charge is -2.06. The summed E-state index contributed by atoms with van der Waals surface area (Å²) >= 11 is 6.40. The number of phenolic OH excluding ortho intramolecular Hbond substituents is 2. The normalized spacial score (nSPS) is 10.9. The van der Waals surface area contributed by atoms with Gasteiger partial charge in [-0.25, -0.2) is 5.43 Å². The van der Waals surface area contributed by atoms with Gasteiger partial charge in [-0.3, -0.25) is 4.79 Å². The molecule has 7 heteroatoms. The Balaban J connectivity index is 2.16. The van der Waals surface area contributed by atoms with Gasteiger partial charge in [0, 0.05) is 10.0 Å². The van der Waals surface area contributed by atoms with E-state index in [1.807, 2.05) is 6.92 Å². The van der Waals surface area contributed by atoms with E-state index in [0.29, 0.717) is 14.5 Å². The monoisotopic (exact) mass is 426 g/mol. The fourth-order valence-corrected chi connectivity index (χ4v) is 2.96. The Hall–Kier alpha value is -1.86. The van der Waals surface area contributed by atoms with Crippen molar-refractivity contribution in [1.82, 2.24) is 5.43 Å². The fourth-order valence-electron chi connectivity index (χ4n) is 1.74. The molecule has 22 heavy (non-hydrogen) atoms. The Kier molecular flexibility index (Phi) is 5.20. The molecule has 0 fully saturated rings. The van der Waals surface area contributed by atoms with Crippen molar-refractivity contribution in [3.05, 3.63) is 56.0 Å². The first-order valence-electron chi connectivity index (χ1n) is 6.19. The number of halogens is 2. The van der Waals surface area contributed by atoms with E-state index in [0.717, 1.165) is 5.56 Å². The Morgan fingerprint density at radius 3 is 2.68 bits per heavy atom. The molecule has 0 spiro atoms. The van der Waals surface area contributed by atoms with Gasteiger partial charge in [0.25, 0.3) is 5.91 Å². The molecule has 0 heterocycles. The number of phenols is 2. The van der Waals surface area contributed by atoms with Crippen LogP contribution in [0.5, 0.6) is 11.5 Å². The molecule has 2 rings (SSSR count). The lowest BCUT2D eigenvalue weighted by atomic mass is 10.1. The van der Waals surface area contributed by atoms with Crippen molar-refractivity contribution in [2.45, 2.75) is 6.92 Å². The van der Waals surface area contributed by atoms with Crippen molar-refractivity contribution < 1.29 is 15.0 Å². The summed E-state index contributed by atoms with van der Waals surface area (Å²) in [6, 6.07) is 8.16. The molecule has 0 aromatic heterocycles. The van der Waals surface area contributed by atoms with Crippen LogP contribution in [0.15, 0.2) is 44.4 Å². The number of aryl methyl sites for hydroxylation is 1. The van der Waals surface area contributed by atoms with Gasteiger partial charge in [-0.2, -0.15) is 5.10 Å². The van der Waals surface area contributed by atoms with Crippen LogP contribution in [0.3, 0.4) is 0 Å². The number of nitrogens with zero attached hydrogens (tertiary/aromatic N) is 1. The molecular weight excluding hydrogens is 416 g/mol. The van der Waals surface area contributed by atoms with Crippen molar-refractivity contribution in [3.8, 4) is 11.5 Å². The highest BCUT2D eigenvalue weighted by atomic mass is 79.9. The molecule has 0 aliphatic heterocycles. The van der Waals surface area contributed by atoms with Crippen molar-refractivity contribution in [1.29, 1.82) is 0 Å². The van der Waals surface area contributed by atoms with Gasteiger partial charge in [-0.1, -0.05) is 27.6 Å². The zero-order chi connectivity index (χ0) is 16.3. The molecule has 0 saturated carbocycles. The van der Waals surface area contributed by atoms with E-state index in [-0.39, 0.29) is 17.1 Å². The van der Waals surface area contributed by atoms with Gasteiger partial charge >= 0.3 is 0 Å². The molecule has 2 aromatic carbocycles. The number of amides is 1. The van der Waals surface area contributed by atoms with Gasteiger partial charge in [-0.05, 0) is 47.1 Å². The predicted molar refractivity (Wildman–Crippen MR) is 91.4 cm³/mol. The molecule has 0 aliphatic carbocycles. The van der Waals surface area contributed by atoms with Crippen LogP contribution < -0.4 is 5.43 Å². The van der Waals surface area contributed by atoms with E-state index < -0.39 is 5.91 Å². The van der Waals surface area contributed by atoms with E-state index >= 15 is 0 Å². The van der Waals surface area contributed by atoms with Gasteiger partial charge in [-0.15, -0.1) is 0 Å². The first-order chi connectivity index (χ1) is 10.4. The quantitative estimate of drug-likeness (QED) is 0.516. The van der Waals surface area contributed by atoms with E-state index in [1.165, 1.54) is 12.3 Å². The molecule has 3 N–H and O–H groups in total. The van der Waals surface area contributed by atoms with Crippen LogP contribution in [-0.2, 0) is 0 Å². The summed E-state index contributed by atoms with van der Waals surface area (Å²) in [5.74, 6) is -0.672. The number of benzene rings is 2. The highest BCUT2D eigenvalue weighted by molar-refractivity contribution is 9.11. The zero-order valence-corrected chi connectivity index (χ0v) is 14.6. The molecular formula is C15H12Br2N2O3. The van der Waals surface area contributed by atoms with Crippen LogP contribution in [0.1, 0.15) is 21.5 Å². The summed E-state index contributed by atoms with van der Waals surface area (Å²) in [6.45, 7) is 1.88.